The van der Waals surface area contributed by atoms with Crippen molar-refractivity contribution in [2.24, 2.45) is 0 Å². The Balaban J connectivity index is 2.11. The fourth-order valence-electron chi connectivity index (χ4n) is 2.25. The van der Waals surface area contributed by atoms with Crippen LogP contribution in [0.15, 0.2) is 36.4 Å². The molecule has 2 aromatic carbocycles. The van der Waals surface area contributed by atoms with Gasteiger partial charge in [-0.25, -0.2) is 13.8 Å². The van der Waals surface area contributed by atoms with Gasteiger partial charge in [0.2, 0.25) is 0 Å². The Bertz CT molecular complexity index is 727. The average molecular weight is 258 g/mol. The lowest BCUT2D eigenvalue weighted by Gasteiger charge is -2.05. The second kappa shape index (κ2) is 4.46. The summed E-state index contributed by atoms with van der Waals surface area (Å²) >= 11 is 0. The fraction of sp³-hybridized carbons (Fsp3) is 0.133. The number of hydrogen-bond donors (Lipinski definition) is 1. The first-order valence-corrected chi connectivity index (χ1v) is 6.02. The van der Waals surface area contributed by atoms with Gasteiger partial charge in [-0.05, 0) is 30.7 Å². The first-order chi connectivity index (χ1) is 9.15. The smallest absolute Gasteiger partial charge is 0.129 e. The van der Waals surface area contributed by atoms with E-state index in [1.165, 1.54) is 18.2 Å². The molecule has 4 heteroatoms. The number of fused-ring (bicyclic) bond motifs is 1. The zero-order valence-electron chi connectivity index (χ0n) is 10.4. The number of nitrogens with zero attached hydrogens (tertiary/aromatic N) is 1. The lowest BCUT2D eigenvalue weighted by atomic mass is 10.0. The zero-order valence-corrected chi connectivity index (χ0v) is 10.4. The molecule has 1 aromatic heterocycles. The number of imidazole rings is 1. The molecule has 0 aliphatic carbocycles. The van der Waals surface area contributed by atoms with Crippen molar-refractivity contribution in [1.82, 2.24) is 9.97 Å². The van der Waals surface area contributed by atoms with Crippen LogP contribution in [0.5, 0.6) is 0 Å². The lowest BCUT2D eigenvalue weighted by molar-refractivity contribution is 0.561. The highest BCUT2D eigenvalue weighted by molar-refractivity contribution is 5.79. The number of halogens is 2. The highest BCUT2D eigenvalue weighted by atomic mass is 19.1. The summed E-state index contributed by atoms with van der Waals surface area (Å²) in [4.78, 5) is 7.48. The normalized spacial score (nSPS) is 11.1. The van der Waals surface area contributed by atoms with Gasteiger partial charge in [0.05, 0.1) is 11.0 Å². The van der Waals surface area contributed by atoms with E-state index in [0.29, 0.717) is 0 Å². The van der Waals surface area contributed by atoms with Gasteiger partial charge in [-0.15, -0.1) is 0 Å². The van der Waals surface area contributed by atoms with Gasteiger partial charge in [0.1, 0.15) is 17.5 Å². The van der Waals surface area contributed by atoms with Crippen LogP contribution in [0.1, 0.15) is 17.0 Å². The van der Waals surface area contributed by atoms with Gasteiger partial charge in [0, 0.05) is 12.0 Å². The first-order valence-electron chi connectivity index (χ1n) is 6.02. The summed E-state index contributed by atoms with van der Waals surface area (Å²) in [7, 11) is 0. The van der Waals surface area contributed by atoms with Crippen molar-refractivity contribution in [2.75, 3.05) is 0 Å². The van der Waals surface area contributed by atoms with Crippen LogP contribution in [0.4, 0.5) is 8.78 Å². The summed E-state index contributed by atoms with van der Waals surface area (Å²) in [5, 5.41) is 0. The summed E-state index contributed by atoms with van der Waals surface area (Å²) in [6.45, 7) is 1.85. The molecule has 1 heterocycles. The Hall–Kier alpha value is -2.23. The Morgan fingerprint density at radius 2 is 1.74 bits per heavy atom. The summed E-state index contributed by atoms with van der Waals surface area (Å²) in [5.41, 5.74) is 2.54. The van der Waals surface area contributed by atoms with E-state index in [1.54, 1.807) is 0 Å². The van der Waals surface area contributed by atoms with E-state index in [1.807, 2.05) is 25.1 Å². The van der Waals surface area contributed by atoms with Crippen LogP contribution in [0.3, 0.4) is 0 Å². The number of para-hydroxylation sites is 1. The number of H-pyrrole nitrogens is 1. The van der Waals surface area contributed by atoms with Gasteiger partial charge >= 0.3 is 0 Å². The standard InChI is InChI=1S/C15H12F2N2/c1-9-18-14-7-2-4-10(15(14)19-9)8-11-12(16)5-3-6-13(11)17/h2-7H,8H2,1H3,(H,18,19). The summed E-state index contributed by atoms with van der Waals surface area (Å²) < 4.78 is 27.3. The van der Waals surface area contributed by atoms with Crippen molar-refractivity contribution in [2.45, 2.75) is 13.3 Å². The average Bonchev–Trinajstić information content (AvgIpc) is 2.75. The van der Waals surface area contributed by atoms with E-state index >= 15 is 0 Å². The molecule has 2 nitrogen and oxygen atoms in total. The van der Waals surface area contributed by atoms with E-state index in [-0.39, 0.29) is 12.0 Å². The van der Waals surface area contributed by atoms with Gasteiger partial charge in [-0.1, -0.05) is 18.2 Å². The Kier molecular flexibility index (Phi) is 2.78. The molecule has 1 N–H and O–H groups in total. The molecule has 0 aliphatic heterocycles. The monoisotopic (exact) mass is 258 g/mol. The number of aromatic nitrogens is 2. The van der Waals surface area contributed by atoms with Crippen molar-refractivity contribution in [3.8, 4) is 0 Å². The van der Waals surface area contributed by atoms with Crippen molar-refractivity contribution in [3.05, 3.63) is 65.0 Å². The van der Waals surface area contributed by atoms with E-state index in [0.717, 1.165) is 22.4 Å². The molecule has 0 aliphatic rings. The number of aromatic amines is 1. The topological polar surface area (TPSA) is 28.7 Å². The van der Waals surface area contributed by atoms with Crippen LogP contribution in [-0.4, -0.2) is 9.97 Å². The number of nitrogens with one attached hydrogen (secondary N) is 1. The molecule has 3 rings (SSSR count). The zero-order chi connectivity index (χ0) is 13.4. The van der Waals surface area contributed by atoms with Gasteiger partial charge < -0.3 is 4.98 Å². The quantitative estimate of drug-likeness (QED) is 0.745. The summed E-state index contributed by atoms with van der Waals surface area (Å²) in [6, 6.07) is 9.51. The molecule has 19 heavy (non-hydrogen) atoms. The van der Waals surface area contributed by atoms with Gasteiger partial charge in [-0.3, -0.25) is 0 Å². The van der Waals surface area contributed by atoms with Crippen LogP contribution in [0, 0.1) is 18.6 Å². The highest BCUT2D eigenvalue weighted by Gasteiger charge is 2.12. The van der Waals surface area contributed by atoms with E-state index in [9.17, 15) is 8.78 Å². The molecule has 0 saturated heterocycles. The lowest BCUT2D eigenvalue weighted by Crippen LogP contribution is -1.97. The minimum Gasteiger partial charge on any atom is -0.342 e. The second-order valence-corrected chi connectivity index (χ2v) is 4.51. The van der Waals surface area contributed by atoms with Crippen molar-refractivity contribution >= 4 is 11.0 Å². The minimum absolute atomic E-state index is 0.0793. The Morgan fingerprint density at radius 1 is 1.05 bits per heavy atom. The van der Waals surface area contributed by atoms with Gasteiger partial charge in [0.15, 0.2) is 0 Å². The number of benzene rings is 2. The van der Waals surface area contributed by atoms with Crippen molar-refractivity contribution in [3.63, 3.8) is 0 Å². The summed E-state index contributed by atoms with van der Waals surface area (Å²) in [5.74, 6) is -0.259. The largest absolute Gasteiger partial charge is 0.342 e. The molecule has 0 bridgehead atoms. The third-order valence-corrected chi connectivity index (χ3v) is 3.14. The predicted molar refractivity (Wildman–Crippen MR) is 70.0 cm³/mol. The Morgan fingerprint density at radius 3 is 2.47 bits per heavy atom. The number of aryl methyl sites for hydroxylation is 1. The third kappa shape index (κ3) is 2.10. The molecule has 0 saturated carbocycles. The Labute approximate surface area is 109 Å². The maximum atomic E-state index is 13.7. The molecule has 0 spiro atoms. The molecular formula is C15H12F2N2. The molecule has 0 radical (unpaired) electrons. The van der Waals surface area contributed by atoms with Crippen molar-refractivity contribution in [1.29, 1.82) is 0 Å². The molecule has 0 amide bonds. The summed E-state index contributed by atoms with van der Waals surface area (Å²) in [6.07, 6.45) is 0.195. The molecular weight excluding hydrogens is 246 g/mol. The molecule has 0 atom stereocenters. The first kappa shape index (κ1) is 11.8. The van der Waals surface area contributed by atoms with Crippen LogP contribution in [0.2, 0.25) is 0 Å². The van der Waals surface area contributed by atoms with Crippen LogP contribution < -0.4 is 0 Å². The highest BCUT2D eigenvalue weighted by Crippen LogP contribution is 2.22. The maximum absolute atomic E-state index is 13.7. The number of rotatable bonds is 2. The third-order valence-electron chi connectivity index (χ3n) is 3.14. The molecule has 0 unspecified atom stereocenters. The van der Waals surface area contributed by atoms with Crippen LogP contribution in [0.25, 0.3) is 11.0 Å². The van der Waals surface area contributed by atoms with E-state index in [2.05, 4.69) is 9.97 Å². The SMILES string of the molecule is Cc1nc2c(Cc3c(F)cccc3F)cccc2[nH]1. The van der Waals surface area contributed by atoms with E-state index < -0.39 is 11.6 Å². The fourth-order valence-corrected chi connectivity index (χ4v) is 2.25. The van der Waals surface area contributed by atoms with Crippen LogP contribution >= 0.6 is 0 Å². The predicted octanol–water partition coefficient (Wildman–Crippen LogP) is 3.74. The molecule has 0 fully saturated rings. The van der Waals surface area contributed by atoms with Gasteiger partial charge in [0.25, 0.3) is 0 Å². The minimum atomic E-state index is -0.524. The second-order valence-electron chi connectivity index (χ2n) is 4.51. The maximum Gasteiger partial charge on any atom is 0.129 e. The number of hydrogen-bond acceptors (Lipinski definition) is 1. The molecule has 3 aromatic rings. The van der Waals surface area contributed by atoms with Crippen molar-refractivity contribution < 1.29 is 8.78 Å². The molecule has 96 valence electrons. The van der Waals surface area contributed by atoms with Gasteiger partial charge in [-0.2, -0.15) is 0 Å². The van der Waals surface area contributed by atoms with E-state index in [4.69, 9.17) is 0 Å². The van der Waals surface area contributed by atoms with Crippen LogP contribution in [-0.2, 0) is 6.42 Å².